The van der Waals surface area contributed by atoms with Crippen molar-refractivity contribution in [3.63, 3.8) is 0 Å². The molecule has 15 heavy (non-hydrogen) atoms. The van der Waals surface area contributed by atoms with Crippen molar-refractivity contribution in [1.82, 2.24) is 4.98 Å². The normalized spacial score (nSPS) is 12.4. The van der Waals surface area contributed by atoms with Crippen LogP contribution in [-0.4, -0.2) is 4.98 Å². The molecule has 0 aliphatic heterocycles. The molecule has 0 bridgehead atoms. The molecule has 1 unspecified atom stereocenters. The van der Waals surface area contributed by atoms with E-state index >= 15 is 0 Å². The van der Waals surface area contributed by atoms with Crippen LogP contribution in [0.5, 0.6) is 0 Å². The number of rotatable bonds is 3. The van der Waals surface area contributed by atoms with Gasteiger partial charge in [0.15, 0.2) is 0 Å². The molecule has 3 heteroatoms. The van der Waals surface area contributed by atoms with Crippen LogP contribution in [0, 0.1) is 5.82 Å². The summed E-state index contributed by atoms with van der Waals surface area (Å²) in [6, 6.07) is 8.66. The summed E-state index contributed by atoms with van der Waals surface area (Å²) >= 11 is 0. The second kappa shape index (κ2) is 4.17. The Labute approximate surface area is 88.1 Å². The molecule has 0 spiro atoms. The molecule has 1 heterocycles. The van der Waals surface area contributed by atoms with E-state index in [1.54, 1.807) is 12.1 Å². The summed E-state index contributed by atoms with van der Waals surface area (Å²) in [4.78, 5) is 2.97. The fraction of sp³-hybridized carbons (Fsp3) is 0.167. The van der Waals surface area contributed by atoms with Gasteiger partial charge in [-0.1, -0.05) is 12.1 Å². The minimum absolute atomic E-state index is 0.168. The van der Waals surface area contributed by atoms with E-state index < -0.39 is 0 Å². The zero-order valence-electron chi connectivity index (χ0n) is 8.50. The lowest BCUT2D eigenvalue weighted by Crippen LogP contribution is -2.05. The average Bonchev–Trinajstić information content (AvgIpc) is 2.71. The van der Waals surface area contributed by atoms with Crippen molar-refractivity contribution in [3.8, 4) is 0 Å². The quantitative estimate of drug-likeness (QED) is 0.788. The van der Waals surface area contributed by atoms with Crippen molar-refractivity contribution in [2.75, 3.05) is 5.32 Å². The third-order valence-corrected chi connectivity index (χ3v) is 2.35. The molecular weight excluding hydrogens is 191 g/mol. The predicted octanol–water partition coefficient (Wildman–Crippen LogP) is 3.33. The second-order valence-electron chi connectivity index (χ2n) is 3.52. The lowest BCUT2D eigenvalue weighted by Gasteiger charge is -2.14. The van der Waals surface area contributed by atoms with Gasteiger partial charge in [-0.05, 0) is 30.7 Å². The Morgan fingerprint density at radius 2 is 1.93 bits per heavy atom. The molecule has 0 saturated heterocycles. The number of benzene rings is 1. The number of halogens is 1. The molecule has 78 valence electrons. The van der Waals surface area contributed by atoms with E-state index in [0.717, 1.165) is 11.3 Å². The van der Waals surface area contributed by atoms with Crippen molar-refractivity contribution >= 4 is 5.69 Å². The van der Waals surface area contributed by atoms with Crippen LogP contribution in [0.25, 0.3) is 0 Å². The number of H-pyrrole nitrogens is 1. The number of aromatic nitrogens is 1. The van der Waals surface area contributed by atoms with Gasteiger partial charge in [0, 0.05) is 18.4 Å². The Balaban J connectivity index is 2.08. The van der Waals surface area contributed by atoms with Gasteiger partial charge in [0.2, 0.25) is 0 Å². The van der Waals surface area contributed by atoms with E-state index in [4.69, 9.17) is 0 Å². The summed E-state index contributed by atoms with van der Waals surface area (Å²) in [6.07, 6.45) is 3.75. The lowest BCUT2D eigenvalue weighted by atomic mass is 10.1. The van der Waals surface area contributed by atoms with Crippen LogP contribution in [0.4, 0.5) is 10.1 Å². The van der Waals surface area contributed by atoms with Gasteiger partial charge >= 0.3 is 0 Å². The van der Waals surface area contributed by atoms with Crippen molar-refractivity contribution in [2.24, 2.45) is 0 Å². The Morgan fingerprint density at radius 1 is 1.20 bits per heavy atom. The standard InChI is InChI=1S/C12H13FN2/c1-9(15-12-6-7-14-8-12)10-2-4-11(13)5-3-10/h2-9,14-15H,1H3. The summed E-state index contributed by atoms with van der Waals surface area (Å²) in [5.74, 6) is -0.201. The zero-order chi connectivity index (χ0) is 10.7. The molecule has 0 fully saturated rings. The lowest BCUT2D eigenvalue weighted by molar-refractivity contribution is 0.626. The number of anilines is 1. The van der Waals surface area contributed by atoms with Crippen LogP contribution in [0.1, 0.15) is 18.5 Å². The summed E-state index contributed by atoms with van der Waals surface area (Å²) < 4.78 is 12.7. The molecule has 2 rings (SSSR count). The minimum Gasteiger partial charge on any atom is -0.377 e. The van der Waals surface area contributed by atoms with Crippen LogP contribution in [0.15, 0.2) is 42.7 Å². The van der Waals surface area contributed by atoms with Gasteiger partial charge in [0.25, 0.3) is 0 Å². The highest BCUT2D eigenvalue weighted by Crippen LogP contribution is 2.18. The molecule has 1 aromatic heterocycles. The van der Waals surface area contributed by atoms with Crippen LogP contribution in [0.3, 0.4) is 0 Å². The molecule has 0 saturated carbocycles. The molecule has 2 N–H and O–H groups in total. The van der Waals surface area contributed by atoms with E-state index in [-0.39, 0.29) is 11.9 Å². The third-order valence-electron chi connectivity index (χ3n) is 2.35. The maximum absolute atomic E-state index is 12.7. The number of hydrogen-bond donors (Lipinski definition) is 2. The molecule has 1 atom stereocenters. The van der Waals surface area contributed by atoms with E-state index in [1.807, 2.05) is 25.4 Å². The van der Waals surface area contributed by atoms with Crippen LogP contribution >= 0.6 is 0 Å². The molecule has 2 nitrogen and oxygen atoms in total. The van der Waals surface area contributed by atoms with Gasteiger partial charge < -0.3 is 10.3 Å². The third kappa shape index (κ3) is 2.37. The number of nitrogens with one attached hydrogen (secondary N) is 2. The zero-order valence-corrected chi connectivity index (χ0v) is 8.50. The molecule has 0 aliphatic carbocycles. The minimum atomic E-state index is -0.201. The van der Waals surface area contributed by atoms with Gasteiger partial charge in [0.1, 0.15) is 5.82 Å². The topological polar surface area (TPSA) is 27.8 Å². The fourth-order valence-electron chi connectivity index (χ4n) is 1.50. The van der Waals surface area contributed by atoms with Crippen molar-refractivity contribution in [2.45, 2.75) is 13.0 Å². The van der Waals surface area contributed by atoms with Crippen molar-refractivity contribution < 1.29 is 4.39 Å². The fourth-order valence-corrected chi connectivity index (χ4v) is 1.50. The first-order chi connectivity index (χ1) is 7.25. The number of hydrogen-bond acceptors (Lipinski definition) is 1. The molecule has 0 aliphatic rings. The molecular formula is C12H13FN2. The van der Waals surface area contributed by atoms with Gasteiger partial charge in [0.05, 0.1) is 5.69 Å². The Morgan fingerprint density at radius 3 is 2.53 bits per heavy atom. The van der Waals surface area contributed by atoms with Crippen LogP contribution < -0.4 is 5.32 Å². The van der Waals surface area contributed by atoms with E-state index in [1.165, 1.54) is 12.1 Å². The van der Waals surface area contributed by atoms with Gasteiger partial charge in [-0.25, -0.2) is 4.39 Å². The Hall–Kier alpha value is -1.77. The summed E-state index contributed by atoms with van der Waals surface area (Å²) in [6.45, 7) is 2.04. The number of aromatic amines is 1. The van der Waals surface area contributed by atoms with Crippen molar-refractivity contribution in [3.05, 3.63) is 54.1 Å². The SMILES string of the molecule is CC(Nc1cc[nH]c1)c1ccc(F)cc1. The highest BCUT2D eigenvalue weighted by molar-refractivity contribution is 5.43. The van der Waals surface area contributed by atoms with Gasteiger partial charge in [-0.15, -0.1) is 0 Å². The van der Waals surface area contributed by atoms with Crippen LogP contribution in [-0.2, 0) is 0 Å². The van der Waals surface area contributed by atoms with E-state index in [9.17, 15) is 4.39 Å². The largest absolute Gasteiger partial charge is 0.377 e. The van der Waals surface area contributed by atoms with Gasteiger partial charge in [-0.2, -0.15) is 0 Å². The second-order valence-corrected chi connectivity index (χ2v) is 3.52. The first-order valence-corrected chi connectivity index (χ1v) is 4.90. The Bertz CT molecular complexity index is 406. The Kier molecular flexibility index (Phi) is 2.72. The highest BCUT2D eigenvalue weighted by Gasteiger charge is 2.04. The maximum Gasteiger partial charge on any atom is 0.123 e. The maximum atomic E-state index is 12.7. The smallest absolute Gasteiger partial charge is 0.123 e. The first-order valence-electron chi connectivity index (χ1n) is 4.90. The van der Waals surface area contributed by atoms with E-state index in [0.29, 0.717) is 0 Å². The van der Waals surface area contributed by atoms with Crippen LogP contribution in [0.2, 0.25) is 0 Å². The predicted molar refractivity (Wildman–Crippen MR) is 59.2 cm³/mol. The highest BCUT2D eigenvalue weighted by atomic mass is 19.1. The molecule has 2 aromatic rings. The van der Waals surface area contributed by atoms with E-state index in [2.05, 4.69) is 10.3 Å². The monoisotopic (exact) mass is 204 g/mol. The van der Waals surface area contributed by atoms with Crippen molar-refractivity contribution in [1.29, 1.82) is 0 Å². The average molecular weight is 204 g/mol. The first kappa shape index (κ1) is 9.77. The molecule has 0 radical (unpaired) electrons. The molecule has 1 aromatic carbocycles. The summed E-state index contributed by atoms with van der Waals surface area (Å²) in [7, 11) is 0. The summed E-state index contributed by atoms with van der Waals surface area (Å²) in [5.41, 5.74) is 2.10. The van der Waals surface area contributed by atoms with Gasteiger partial charge in [-0.3, -0.25) is 0 Å². The summed E-state index contributed by atoms with van der Waals surface area (Å²) in [5, 5.41) is 3.30. The molecule has 0 amide bonds.